The van der Waals surface area contributed by atoms with Gasteiger partial charge >= 0.3 is 5.97 Å². The van der Waals surface area contributed by atoms with Crippen molar-refractivity contribution in [3.05, 3.63) is 36.0 Å². The van der Waals surface area contributed by atoms with E-state index in [-0.39, 0.29) is 18.2 Å². The van der Waals surface area contributed by atoms with E-state index in [0.29, 0.717) is 30.9 Å². The Hall–Kier alpha value is -2.70. The van der Waals surface area contributed by atoms with Crippen molar-refractivity contribution in [2.45, 2.75) is 25.7 Å². The quantitative estimate of drug-likeness (QED) is 0.876. The van der Waals surface area contributed by atoms with Gasteiger partial charge < -0.3 is 10.0 Å². The summed E-state index contributed by atoms with van der Waals surface area (Å²) in [7, 11) is 0. The monoisotopic (exact) mass is 328 g/mol. The summed E-state index contributed by atoms with van der Waals surface area (Å²) in [5.74, 6) is -0.713. The molecule has 1 aliphatic heterocycles. The molecule has 0 aliphatic carbocycles. The highest BCUT2D eigenvalue weighted by Gasteiger charge is 2.28. The van der Waals surface area contributed by atoms with Crippen LogP contribution in [-0.2, 0) is 4.79 Å². The van der Waals surface area contributed by atoms with Gasteiger partial charge in [-0.3, -0.25) is 9.59 Å². The largest absolute Gasteiger partial charge is 0.481 e. The molecule has 1 saturated heterocycles. The van der Waals surface area contributed by atoms with Crippen LogP contribution in [0.2, 0.25) is 0 Å². The molecule has 0 bridgehead atoms. The van der Waals surface area contributed by atoms with E-state index in [4.69, 9.17) is 5.11 Å². The number of amides is 1. The number of benzene rings is 1. The van der Waals surface area contributed by atoms with Gasteiger partial charge in [-0.15, -0.1) is 0 Å². The van der Waals surface area contributed by atoms with Crippen LogP contribution < -0.4 is 0 Å². The van der Waals surface area contributed by atoms with E-state index >= 15 is 0 Å². The fraction of sp³-hybridized carbons (Fsp3) is 0.412. The van der Waals surface area contributed by atoms with Gasteiger partial charge in [0.15, 0.2) is 5.69 Å². The zero-order chi connectivity index (χ0) is 16.9. The number of H-pyrrole nitrogens is 1. The molecule has 0 saturated carbocycles. The van der Waals surface area contributed by atoms with Gasteiger partial charge in [-0.1, -0.05) is 30.3 Å². The number of piperidine rings is 1. The molecule has 1 aromatic carbocycles. The third-order valence-electron chi connectivity index (χ3n) is 4.37. The topological polar surface area (TPSA) is 99.2 Å². The highest BCUT2D eigenvalue weighted by molar-refractivity contribution is 5.97. The van der Waals surface area contributed by atoms with Crippen LogP contribution >= 0.6 is 0 Å². The number of rotatable bonds is 5. The number of carboxylic acid groups (broad SMARTS) is 1. The van der Waals surface area contributed by atoms with Crippen LogP contribution in [0.15, 0.2) is 30.3 Å². The number of aromatic amines is 1. The van der Waals surface area contributed by atoms with Crippen molar-refractivity contribution in [3.63, 3.8) is 0 Å². The minimum atomic E-state index is -0.790. The van der Waals surface area contributed by atoms with Gasteiger partial charge in [0, 0.05) is 25.1 Å². The Morgan fingerprint density at radius 3 is 2.79 bits per heavy atom. The second kappa shape index (κ2) is 7.25. The van der Waals surface area contributed by atoms with Crippen LogP contribution in [0.1, 0.15) is 36.2 Å². The number of carbonyl (C=O) groups excluding carboxylic acids is 1. The second-order valence-electron chi connectivity index (χ2n) is 6.08. The molecular formula is C17H20N4O3. The molecule has 1 fully saturated rings. The molecule has 2 aromatic rings. The molecule has 3 rings (SSSR count). The molecule has 1 amide bonds. The third-order valence-corrected chi connectivity index (χ3v) is 4.37. The molecule has 1 aromatic heterocycles. The van der Waals surface area contributed by atoms with Crippen molar-refractivity contribution in [1.82, 2.24) is 20.3 Å². The summed E-state index contributed by atoms with van der Waals surface area (Å²) in [6, 6.07) is 9.46. The van der Waals surface area contributed by atoms with E-state index < -0.39 is 5.97 Å². The van der Waals surface area contributed by atoms with Gasteiger partial charge in [0.05, 0.1) is 0 Å². The highest BCUT2D eigenvalue weighted by Crippen LogP contribution is 2.25. The molecule has 126 valence electrons. The molecule has 0 radical (unpaired) electrons. The number of hydrogen-bond donors (Lipinski definition) is 2. The lowest BCUT2D eigenvalue weighted by Gasteiger charge is -2.32. The van der Waals surface area contributed by atoms with Crippen LogP contribution in [-0.4, -0.2) is 50.4 Å². The summed E-state index contributed by atoms with van der Waals surface area (Å²) >= 11 is 0. The molecular weight excluding hydrogens is 308 g/mol. The van der Waals surface area contributed by atoms with Crippen molar-refractivity contribution in [2.24, 2.45) is 5.92 Å². The van der Waals surface area contributed by atoms with Gasteiger partial charge in [0.2, 0.25) is 0 Å². The minimum Gasteiger partial charge on any atom is -0.481 e. The van der Waals surface area contributed by atoms with Crippen LogP contribution in [0.3, 0.4) is 0 Å². The first kappa shape index (κ1) is 16.2. The summed E-state index contributed by atoms with van der Waals surface area (Å²) in [6.45, 7) is 1.25. The number of nitrogens with one attached hydrogen (secondary N) is 1. The lowest BCUT2D eigenvalue weighted by atomic mass is 9.93. The zero-order valence-corrected chi connectivity index (χ0v) is 13.3. The number of aromatic nitrogens is 3. The standard InChI is InChI=1S/C17H20N4O3/c22-14(23)9-8-12-5-4-10-21(11-12)17(24)16-15(18-20-19-16)13-6-2-1-3-7-13/h1-3,6-7,12H,4-5,8-11H2,(H,22,23)(H,18,19,20). The summed E-state index contributed by atoms with van der Waals surface area (Å²) < 4.78 is 0. The van der Waals surface area contributed by atoms with Crippen molar-refractivity contribution in [2.75, 3.05) is 13.1 Å². The van der Waals surface area contributed by atoms with E-state index in [2.05, 4.69) is 15.4 Å². The number of carboxylic acids is 1. The maximum atomic E-state index is 12.8. The van der Waals surface area contributed by atoms with Crippen molar-refractivity contribution >= 4 is 11.9 Å². The van der Waals surface area contributed by atoms with E-state index in [1.165, 1.54) is 0 Å². The van der Waals surface area contributed by atoms with Crippen LogP contribution in [0.5, 0.6) is 0 Å². The molecule has 2 heterocycles. The first-order chi connectivity index (χ1) is 11.6. The second-order valence-corrected chi connectivity index (χ2v) is 6.08. The minimum absolute atomic E-state index is 0.145. The fourth-order valence-corrected chi connectivity index (χ4v) is 3.14. The summed E-state index contributed by atoms with van der Waals surface area (Å²) in [5, 5.41) is 19.5. The van der Waals surface area contributed by atoms with Crippen molar-refractivity contribution in [3.8, 4) is 11.3 Å². The maximum Gasteiger partial charge on any atom is 0.303 e. The van der Waals surface area contributed by atoms with Crippen LogP contribution in [0.25, 0.3) is 11.3 Å². The summed E-state index contributed by atoms with van der Waals surface area (Å²) in [4.78, 5) is 25.3. The first-order valence-corrected chi connectivity index (χ1v) is 8.12. The van der Waals surface area contributed by atoms with E-state index in [1.807, 2.05) is 30.3 Å². The van der Waals surface area contributed by atoms with E-state index in [0.717, 1.165) is 18.4 Å². The summed E-state index contributed by atoms with van der Waals surface area (Å²) in [6.07, 6.45) is 2.59. The van der Waals surface area contributed by atoms with Gasteiger partial charge in [0.1, 0.15) is 5.69 Å². The summed E-state index contributed by atoms with van der Waals surface area (Å²) in [5.41, 5.74) is 1.71. The molecule has 1 unspecified atom stereocenters. The predicted molar refractivity (Wildman–Crippen MR) is 87.3 cm³/mol. The third kappa shape index (κ3) is 3.61. The van der Waals surface area contributed by atoms with Crippen LogP contribution in [0.4, 0.5) is 0 Å². The number of hydrogen-bond acceptors (Lipinski definition) is 4. The molecule has 7 nitrogen and oxygen atoms in total. The average molecular weight is 328 g/mol. The lowest BCUT2D eigenvalue weighted by molar-refractivity contribution is -0.137. The SMILES string of the molecule is O=C(O)CCC1CCCN(C(=O)c2n[nH]nc2-c2ccccc2)C1. The average Bonchev–Trinajstić information content (AvgIpc) is 3.10. The molecule has 24 heavy (non-hydrogen) atoms. The van der Waals surface area contributed by atoms with Crippen molar-refractivity contribution in [1.29, 1.82) is 0 Å². The Labute approximate surface area is 139 Å². The highest BCUT2D eigenvalue weighted by atomic mass is 16.4. The number of likely N-dealkylation sites (tertiary alicyclic amines) is 1. The Kier molecular flexibility index (Phi) is 4.88. The van der Waals surface area contributed by atoms with Gasteiger partial charge in [0.25, 0.3) is 5.91 Å². The molecule has 0 spiro atoms. The predicted octanol–water partition coefficient (Wildman–Crippen LogP) is 2.19. The Balaban J connectivity index is 1.73. The van der Waals surface area contributed by atoms with E-state index in [1.54, 1.807) is 4.90 Å². The van der Waals surface area contributed by atoms with Crippen LogP contribution in [0, 0.1) is 5.92 Å². The Morgan fingerprint density at radius 2 is 2.04 bits per heavy atom. The fourth-order valence-electron chi connectivity index (χ4n) is 3.14. The normalized spacial score (nSPS) is 17.7. The Bertz CT molecular complexity index is 714. The number of aliphatic carboxylic acids is 1. The van der Waals surface area contributed by atoms with Gasteiger partial charge in [-0.25, -0.2) is 0 Å². The Morgan fingerprint density at radius 1 is 1.25 bits per heavy atom. The number of carbonyl (C=O) groups is 2. The lowest BCUT2D eigenvalue weighted by Crippen LogP contribution is -2.40. The first-order valence-electron chi connectivity index (χ1n) is 8.12. The van der Waals surface area contributed by atoms with Gasteiger partial charge in [-0.05, 0) is 25.2 Å². The molecule has 1 aliphatic rings. The molecule has 7 heteroatoms. The smallest absolute Gasteiger partial charge is 0.303 e. The van der Waals surface area contributed by atoms with Crippen molar-refractivity contribution < 1.29 is 14.7 Å². The molecule has 2 N–H and O–H groups in total. The zero-order valence-electron chi connectivity index (χ0n) is 13.3. The number of nitrogens with zero attached hydrogens (tertiary/aromatic N) is 3. The van der Waals surface area contributed by atoms with Gasteiger partial charge in [-0.2, -0.15) is 15.4 Å². The maximum absolute atomic E-state index is 12.8. The van der Waals surface area contributed by atoms with E-state index in [9.17, 15) is 9.59 Å². The molecule has 1 atom stereocenters.